The van der Waals surface area contributed by atoms with Crippen molar-refractivity contribution in [2.45, 2.75) is 18.6 Å². The Morgan fingerprint density at radius 2 is 2.06 bits per heavy atom. The lowest BCUT2D eigenvalue weighted by Crippen LogP contribution is -2.44. The van der Waals surface area contributed by atoms with E-state index < -0.39 is 23.3 Å². The number of nitrogens with zero attached hydrogens (tertiary/aromatic N) is 3. The van der Waals surface area contributed by atoms with Crippen LogP contribution in [0.15, 0.2) is 42.5 Å². The fourth-order valence-corrected chi connectivity index (χ4v) is 4.49. The Morgan fingerprint density at radius 1 is 1.27 bits per heavy atom. The zero-order valence-electron chi connectivity index (χ0n) is 17.1. The summed E-state index contributed by atoms with van der Waals surface area (Å²) < 4.78 is 35.8. The van der Waals surface area contributed by atoms with E-state index >= 15 is 0 Å². The number of fused-ring (bicyclic) bond motifs is 2. The molecule has 5 rings (SSSR count). The summed E-state index contributed by atoms with van der Waals surface area (Å²) in [5.74, 6) is -1.33. The monoisotopic (exact) mass is 473 g/mol. The van der Waals surface area contributed by atoms with E-state index in [1.807, 2.05) is 0 Å². The normalized spacial score (nSPS) is 19.4. The van der Waals surface area contributed by atoms with Crippen molar-refractivity contribution in [2.24, 2.45) is 0 Å². The van der Waals surface area contributed by atoms with E-state index in [9.17, 15) is 18.4 Å². The SMILES string of the molecule is Nc1cc(-c2ccccc2F)nn1CC(=O)N1CC[C@@]2(C1)OC(=O)Nc1ccc(Cl)c(F)c12. The number of nitrogens with two attached hydrogens (primary N) is 1. The molecule has 1 aromatic heterocycles. The van der Waals surface area contributed by atoms with Gasteiger partial charge in [-0.25, -0.2) is 18.3 Å². The van der Waals surface area contributed by atoms with Crippen molar-refractivity contribution in [2.75, 3.05) is 24.1 Å². The van der Waals surface area contributed by atoms with Gasteiger partial charge in [-0.05, 0) is 24.3 Å². The standard InChI is InChI=1S/C22H18ClF2N5O3/c23-13-5-6-15-19(20(13)25)22(33-21(32)27-15)7-8-29(11-22)18(31)10-30-17(26)9-16(28-30)12-3-1-2-4-14(12)24/h1-6,9H,7-8,10-11,26H2,(H,27,32)/t22-/m0/s1. The predicted octanol–water partition coefficient (Wildman–Crippen LogP) is 3.75. The molecule has 3 N–H and O–H groups in total. The summed E-state index contributed by atoms with van der Waals surface area (Å²) in [7, 11) is 0. The Kier molecular flexibility index (Phi) is 4.97. The summed E-state index contributed by atoms with van der Waals surface area (Å²) in [6.45, 7) is -0.0445. The van der Waals surface area contributed by atoms with Crippen molar-refractivity contribution in [1.82, 2.24) is 14.7 Å². The first-order chi connectivity index (χ1) is 15.8. The van der Waals surface area contributed by atoms with Crippen LogP contribution < -0.4 is 11.1 Å². The van der Waals surface area contributed by atoms with Crippen LogP contribution in [0.4, 0.5) is 25.1 Å². The number of aromatic nitrogens is 2. The van der Waals surface area contributed by atoms with Gasteiger partial charge >= 0.3 is 6.09 Å². The number of hydrogen-bond acceptors (Lipinski definition) is 5. The van der Waals surface area contributed by atoms with Crippen molar-refractivity contribution >= 4 is 35.1 Å². The molecule has 2 aromatic carbocycles. The van der Waals surface area contributed by atoms with E-state index in [0.717, 1.165) is 0 Å². The molecule has 1 atom stereocenters. The molecule has 8 nitrogen and oxygen atoms in total. The van der Waals surface area contributed by atoms with Crippen LogP contribution in [0.5, 0.6) is 0 Å². The Labute approximate surface area is 191 Å². The maximum atomic E-state index is 14.9. The lowest BCUT2D eigenvalue weighted by molar-refractivity contribution is -0.132. The molecule has 3 aromatic rings. The second kappa shape index (κ2) is 7.73. The van der Waals surface area contributed by atoms with Crippen LogP contribution in [-0.4, -0.2) is 39.8 Å². The number of amides is 2. The van der Waals surface area contributed by atoms with Gasteiger partial charge in [0, 0.05) is 24.6 Å². The van der Waals surface area contributed by atoms with Crippen LogP contribution in [0.3, 0.4) is 0 Å². The van der Waals surface area contributed by atoms with Crippen LogP contribution in [0.25, 0.3) is 11.3 Å². The third-order valence-corrected chi connectivity index (χ3v) is 6.20. The maximum Gasteiger partial charge on any atom is 0.412 e. The van der Waals surface area contributed by atoms with Gasteiger partial charge in [-0.15, -0.1) is 0 Å². The Hall–Kier alpha value is -3.66. The van der Waals surface area contributed by atoms with Crippen LogP contribution >= 0.6 is 11.6 Å². The van der Waals surface area contributed by atoms with E-state index in [1.54, 1.807) is 18.2 Å². The molecule has 1 fully saturated rings. The lowest BCUT2D eigenvalue weighted by Gasteiger charge is -2.35. The van der Waals surface area contributed by atoms with E-state index in [-0.39, 0.29) is 59.6 Å². The van der Waals surface area contributed by atoms with Gasteiger partial charge in [-0.2, -0.15) is 5.10 Å². The first kappa shape index (κ1) is 21.2. The van der Waals surface area contributed by atoms with Crippen LogP contribution in [0.1, 0.15) is 12.0 Å². The third kappa shape index (κ3) is 3.56. The maximum absolute atomic E-state index is 14.9. The average Bonchev–Trinajstić information content (AvgIpc) is 3.35. The molecule has 170 valence electrons. The number of nitrogen functional groups attached to an aromatic ring is 1. The fourth-order valence-electron chi connectivity index (χ4n) is 4.33. The summed E-state index contributed by atoms with van der Waals surface area (Å²) in [5.41, 5.74) is 5.58. The molecular formula is C22H18ClF2N5O3. The molecule has 0 aliphatic carbocycles. The molecule has 1 saturated heterocycles. The van der Waals surface area contributed by atoms with Gasteiger partial charge in [0.25, 0.3) is 0 Å². The number of hydrogen-bond donors (Lipinski definition) is 2. The quantitative estimate of drug-likeness (QED) is 0.603. The van der Waals surface area contributed by atoms with Gasteiger partial charge in [-0.3, -0.25) is 10.1 Å². The molecule has 0 radical (unpaired) electrons. The number of anilines is 2. The number of nitrogens with one attached hydrogen (secondary N) is 1. The molecule has 2 aliphatic heterocycles. The van der Waals surface area contributed by atoms with Crippen molar-refractivity contribution < 1.29 is 23.1 Å². The van der Waals surface area contributed by atoms with E-state index in [4.69, 9.17) is 22.1 Å². The molecule has 2 aliphatic rings. The summed E-state index contributed by atoms with van der Waals surface area (Å²) in [6.07, 6.45) is -0.532. The zero-order valence-corrected chi connectivity index (χ0v) is 17.9. The van der Waals surface area contributed by atoms with Gasteiger partial charge in [0.15, 0.2) is 11.4 Å². The Morgan fingerprint density at radius 3 is 2.85 bits per heavy atom. The van der Waals surface area contributed by atoms with Crippen LogP contribution in [0, 0.1) is 11.6 Å². The summed E-state index contributed by atoms with van der Waals surface area (Å²) in [6, 6.07) is 10.4. The first-order valence-corrected chi connectivity index (χ1v) is 10.5. The minimum Gasteiger partial charge on any atom is -0.436 e. The molecule has 0 bridgehead atoms. The zero-order chi connectivity index (χ0) is 23.3. The topological polar surface area (TPSA) is 102 Å². The highest BCUT2D eigenvalue weighted by Gasteiger charge is 2.50. The van der Waals surface area contributed by atoms with Gasteiger partial charge in [0.2, 0.25) is 5.91 Å². The van der Waals surface area contributed by atoms with Crippen molar-refractivity contribution in [3.63, 3.8) is 0 Å². The van der Waals surface area contributed by atoms with E-state index in [1.165, 1.54) is 33.8 Å². The van der Waals surface area contributed by atoms with Crippen molar-refractivity contribution in [3.8, 4) is 11.3 Å². The van der Waals surface area contributed by atoms with Crippen LogP contribution in [-0.2, 0) is 21.7 Å². The number of rotatable bonds is 3. The Bertz CT molecular complexity index is 1300. The van der Waals surface area contributed by atoms with Crippen molar-refractivity contribution in [1.29, 1.82) is 0 Å². The number of carbonyl (C=O) groups excluding carboxylic acids is 2. The second-order valence-electron chi connectivity index (χ2n) is 7.95. The van der Waals surface area contributed by atoms with Gasteiger partial charge in [0.1, 0.15) is 18.2 Å². The van der Waals surface area contributed by atoms with E-state index in [0.29, 0.717) is 5.69 Å². The lowest BCUT2D eigenvalue weighted by atomic mass is 9.89. The fraction of sp³-hybridized carbons (Fsp3) is 0.227. The average molecular weight is 474 g/mol. The van der Waals surface area contributed by atoms with Crippen LogP contribution in [0.2, 0.25) is 5.02 Å². The molecule has 33 heavy (non-hydrogen) atoms. The largest absolute Gasteiger partial charge is 0.436 e. The minimum atomic E-state index is -1.35. The third-order valence-electron chi connectivity index (χ3n) is 5.91. The van der Waals surface area contributed by atoms with Crippen molar-refractivity contribution in [3.05, 3.63) is 64.7 Å². The number of halogens is 3. The second-order valence-corrected chi connectivity index (χ2v) is 8.36. The molecule has 0 saturated carbocycles. The molecule has 0 unspecified atom stereocenters. The van der Waals surface area contributed by atoms with Gasteiger partial charge < -0.3 is 15.4 Å². The number of benzene rings is 2. The summed E-state index contributed by atoms with van der Waals surface area (Å²) in [5, 5.41) is 6.62. The smallest absolute Gasteiger partial charge is 0.412 e. The molecule has 11 heteroatoms. The number of carbonyl (C=O) groups is 2. The number of likely N-dealkylation sites (tertiary alicyclic amines) is 1. The molecular weight excluding hydrogens is 456 g/mol. The van der Waals surface area contributed by atoms with E-state index in [2.05, 4.69) is 10.4 Å². The summed E-state index contributed by atoms with van der Waals surface area (Å²) >= 11 is 5.96. The van der Waals surface area contributed by atoms with Gasteiger partial charge in [0.05, 0.1) is 28.5 Å². The minimum absolute atomic E-state index is 0.0507. The van der Waals surface area contributed by atoms with Gasteiger partial charge in [-0.1, -0.05) is 23.7 Å². The first-order valence-electron chi connectivity index (χ1n) is 10.1. The highest BCUT2D eigenvalue weighted by molar-refractivity contribution is 6.31. The highest BCUT2D eigenvalue weighted by Crippen LogP contribution is 2.45. The Balaban J connectivity index is 1.39. The molecule has 3 heterocycles. The predicted molar refractivity (Wildman–Crippen MR) is 116 cm³/mol. The summed E-state index contributed by atoms with van der Waals surface area (Å²) in [4.78, 5) is 26.6. The molecule has 1 spiro atoms. The molecule has 2 amide bonds. The highest BCUT2D eigenvalue weighted by atomic mass is 35.5. The number of ether oxygens (including phenoxy) is 1.